The molecule has 2 amide bonds. The zero-order valence-corrected chi connectivity index (χ0v) is 15.3. The van der Waals surface area contributed by atoms with E-state index in [2.05, 4.69) is 11.1 Å². The molecule has 0 radical (unpaired) electrons. The van der Waals surface area contributed by atoms with Crippen LogP contribution >= 0.6 is 0 Å². The van der Waals surface area contributed by atoms with E-state index in [-0.39, 0.29) is 23.8 Å². The van der Waals surface area contributed by atoms with E-state index in [1.165, 1.54) is 5.56 Å². The number of carbonyl (C=O) groups is 2. The first-order valence-corrected chi connectivity index (χ1v) is 9.20. The SMILES string of the molecule is CN1C(=O)CC[C@H](C(=O)N2CCCc3ccccc32)[C@H]1c1nccn1C. The Balaban J connectivity index is 1.70. The van der Waals surface area contributed by atoms with Gasteiger partial charge in [0.25, 0.3) is 0 Å². The standard InChI is InChI=1S/C20H24N4O2/c1-22-13-11-21-19(22)18-15(9-10-17(25)23(18)2)20(26)24-12-5-7-14-6-3-4-8-16(14)24/h3-4,6,8,11,13,15,18H,5,7,9-10,12H2,1-2H3/t15-,18-/m0/s1. The van der Waals surface area contributed by atoms with Crippen molar-refractivity contribution in [2.45, 2.75) is 31.7 Å². The number of amides is 2. The van der Waals surface area contributed by atoms with Gasteiger partial charge in [0, 0.05) is 45.1 Å². The lowest BCUT2D eigenvalue weighted by Gasteiger charge is -2.40. The highest BCUT2D eigenvalue weighted by Crippen LogP contribution is 2.38. The molecule has 1 fully saturated rings. The average Bonchev–Trinajstić information content (AvgIpc) is 3.08. The third kappa shape index (κ3) is 2.69. The molecule has 136 valence electrons. The molecule has 3 heterocycles. The van der Waals surface area contributed by atoms with Crippen molar-refractivity contribution < 1.29 is 9.59 Å². The van der Waals surface area contributed by atoms with E-state index in [1.807, 2.05) is 40.9 Å². The molecule has 0 unspecified atom stereocenters. The largest absolute Gasteiger partial charge is 0.336 e. The van der Waals surface area contributed by atoms with Crippen LogP contribution in [0.1, 0.15) is 36.7 Å². The third-order valence-corrected chi connectivity index (χ3v) is 5.68. The lowest BCUT2D eigenvalue weighted by molar-refractivity contribution is -0.141. The van der Waals surface area contributed by atoms with E-state index < -0.39 is 0 Å². The molecule has 4 rings (SSSR count). The molecule has 2 aliphatic rings. The Hall–Kier alpha value is -2.63. The predicted molar refractivity (Wildman–Crippen MR) is 98.6 cm³/mol. The highest BCUT2D eigenvalue weighted by Gasteiger charge is 2.43. The fourth-order valence-corrected chi connectivity index (χ4v) is 4.27. The first kappa shape index (κ1) is 16.8. The second kappa shape index (κ2) is 6.59. The molecule has 2 aliphatic heterocycles. The Morgan fingerprint density at radius 2 is 2.00 bits per heavy atom. The molecule has 2 atom stereocenters. The van der Waals surface area contributed by atoms with Gasteiger partial charge in [-0.05, 0) is 30.9 Å². The number of nitrogens with zero attached hydrogens (tertiary/aromatic N) is 4. The average molecular weight is 352 g/mol. The van der Waals surface area contributed by atoms with Crippen molar-refractivity contribution in [2.24, 2.45) is 13.0 Å². The van der Waals surface area contributed by atoms with Gasteiger partial charge in [0.05, 0.1) is 5.92 Å². The molecule has 0 N–H and O–H groups in total. The van der Waals surface area contributed by atoms with Gasteiger partial charge in [0.1, 0.15) is 11.9 Å². The summed E-state index contributed by atoms with van der Waals surface area (Å²) in [5, 5.41) is 0. The van der Waals surface area contributed by atoms with Crippen LogP contribution in [0, 0.1) is 5.92 Å². The summed E-state index contributed by atoms with van der Waals surface area (Å²) in [6.07, 6.45) is 6.53. The Morgan fingerprint density at radius 3 is 2.77 bits per heavy atom. The Labute approximate surface area is 153 Å². The van der Waals surface area contributed by atoms with Crippen LogP contribution < -0.4 is 4.90 Å². The van der Waals surface area contributed by atoms with Gasteiger partial charge in [0.2, 0.25) is 11.8 Å². The zero-order valence-electron chi connectivity index (χ0n) is 15.3. The normalized spacial score (nSPS) is 23.1. The van der Waals surface area contributed by atoms with Crippen molar-refractivity contribution >= 4 is 17.5 Å². The van der Waals surface area contributed by atoms with Crippen molar-refractivity contribution in [3.63, 3.8) is 0 Å². The van der Waals surface area contributed by atoms with E-state index in [4.69, 9.17) is 0 Å². The molecule has 0 saturated carbocycles. The second-order valence-corrected chi connectivity index (χ2v) is 7.21. The van der Waals surface area contributed by atoms with Crippen molar-refractivity contribution in [1.29, 1.82) is 0 Å². The number of piperidine rings is 1. The number of hydrogen-bond donors (Lipinski definition) is 0. The van der Waals surface area contributed by atoms with Crippen molar-refractivity contribution in [2.75, 3.05) is 18.5 Å². The zero-order chi connectivity index (χ0) is 18.3. The molecule has 6 heteroatoms. The van der Waals surface area contributed by atoms with Gasteiger partial charge in [-0.3, -0.25) is 9.59 Å². The van der Waals surface area contributed by atoms with E-state index in [9.17, 15) is 9.59 Å². The van der Waals surface area contributed by atoms with Gasteiger partial charge in [0.15, 0.2) is 0 Å². The van der Waals surface area contributed by atoms with E-state index in [1.54, 1.807) is 18.1 Å². The number of anilines is 1. The number of aryl methyl sites for hydroxylation is 2. The van der Waals surface area contributed by atoms with Crippen LogP contribution in [0.4, 0.5) is 5.69 Å². The predicted octanol–water partition coefficient (Wildman–Crippen LogP) is 2.31. The van der Waals surface area contributed by atoms with Crippen molar-refractivity contribution in [1.82, 2.24) is 14.5 Å². The molecular formula is C20H24N4O2. The minimum Gasteiger partial charge on any atom is -0.336 e. The minimum atomic E-state index is -0.321. The minimum absolute atomic E-state index is 0.0705. The second-order valence-electron chi connectivity index (χ2n) is 7.21. The first-order valence-electron chi connectivity index (χ1n) is 9.20. The quantitative estimate of drug-likeness (QED) is 0.833. The molecule has 0 spiro atoms. The van der Waals surface area contributed by atoms with Gasteiger partial charge in [-0.15, -0.1) is 0 Å². The Morgan fingerprint density at radius 1 is 1.19 bits per heavy atom. The van der Waals surface area contributed by atoms with Gasteiger partial charge in [-0.2, -0.15) is 0 Å². The molecule has 1 aromatic heterocycles. The van der Waals surface area contributed by atoms with Crippen LogP contribution in [0.2, 0.25) is 0 Å². The molecule has 1 aromatic carbocycles. The summed E-state index contributed by atoms with van der Waals surface area (Å²) < 4.78 is 1.91. The summed E-state index contributed by atoms with van der Waals surface area (Å²) in [5.74, 6) is 0.666. The highest BCUT2D eigenvalue weighted by molar-refractivity contribution is 5.97. The third-order valence-electron chi connectivity index (χ3n) is 5.68. The lowest BCUT2D eigenvalue weighted by Crippen LogP contribution is -2.49. The summed E-state index contributed by atoms with van der Waals surface area (Å²) in [5.41, 5.74) is 2.24. The van der Waals surface area contributed by atoms with Crippen LogP contribution in [-0.2, 0) is 23.1 Å². The topological polar surface area (TPSA) is 58.4 Å². The smallest absolute Gasteiger partial charge is 0.232 e. The maximum Gasteiger partial charge on any atom is 0.232 e. The number of carbonyl (C=O) groups excluding carboxylic acids is 2. The first-order chi connectivity index (χ1) is 12.6. The summed E-state index contributed by atoms with van der Waals surface area (Å²) in [7, 11) is 3.69. The molecule has 1 saturated heterocycles. The molecule has 0 bridgehead atoms. The monoisotopic (exact) mass is 352 g/mol. The van der Waals surface area contributed by atoms with Gasteiger partial charge in [-0.25, -0.2) is 4.98 Å². The number of imidazole rings is 1. The maximum atomic E-state index is 13.5. The molecule has 6 nitrogen and oxygen atoms in total. The fraction of sp³-hybridized carbons (Fsp3) is 0.450. The Kier molecular flexibility index (Phi) is 4.26. The van der Waals surface area contributed by atoms with Crippen LogP contribution in [0.15, 0.2) is 36.7 Å². The van der Waals surface area contributed by atoms with Crippen LogP contribution in [0.5, 0.6) is 0 Å². The van der Waals surface area contributed by atoms with Crippen molar-refractivity contribution in [3.05, 3.63) is 48.0 Å². The molecule has 0 aliphatic carbocycles. The van der Waals surface area contributed by atoms with Crippen LogP contribution in [0.3, 0.4) is 0 Å². The van der Waals surface area contributed by atoms with E-state index in [0.29, 0.717) is 12.8 Å². The van der Waals surface area contributed by atoms with Gasteiger partial charge in [-0.1, -0.05) is 18.2 Å². The summed E-state index contributed by atoms with van der Waals surface area (Å²) in [6, 6.07) is 7.81. The number of benzene rings is 1. The van der Waals surface area contributed by atoms with E-state index in [0.717, 1.165) is 30.9 Å². The molecular weight excluding hydrogens is 328 g/mol. The molecule has 26 heavy (non-hydrogen) atoms. The maximum absolute atomic E-state index is 13.5. The van der Waals surface area contributed by atoms with Crippen LogP contribution in [0.25, 0.3) is 0 Å². The number of likely N-dealkylation sites (tertiary alicyclic amines) is 1. The van der Waals surface area contributed by atoms with E-state index >= 15 is 0 Å². The Bertz CT molecular complexity index is 844. The lowest BCUT2D eigenvalue weighted by atomic mass is 9.86. The van der Waals surface area contributed by atoms with Gasteiger partial charge < -0.3 is 14.4 Å². The summed E-state index contributed by atoms with van der Waals surface area (Å²) in [4.78, 5) is 33.9. The van der Waals surface area contributed by atoms with Crippen LogP contribution in [-0.4, -0.2) is 39.9 Å². The summed E-state index contributed by atoms with van der Waals surface area (Å²) >= 11 is 0. The summed E-state index contributed by atoms with van der Waals surface area (Å²) in [6.45, 7) is 0.733. The number of rotatable bonds is 2. The highest BCUT2D eigenvalue weighted by atomic mass is 16.2. The van der Waals surface area contributed by atoms with Gasteiger partial charge >= 0.3 is 0 Å². The van der Waals surface area contributed by atoms with Crippen molar-refractivity contribution in [3.8, 4) is 0 Å². The number of fused-ring (bicyclic) bond motifs is 1. The fourth-order valence-electron chi connectivity index (χ4n) is 4.27. The number of hydrogen-bond acceptors (Lipinski definition) is 3. The number of para-hydroxylation sites is 1. The molecule has 2 aromatic rings. The number of aromatic nitrogens is 2.